The summed E-state index contributed by atoms with van der Waals surface area (Å²) in [6, 6.07) is 6.23. The highest BCUT2D eigenvalue weighted by atomic mass is 35.5. The first-order valence-corrected chi connectivity index (χ1v) is 6.87. The van der Waals surface area contributed by atoms with Gasteiger partial charge in [0.05, 0.1) is 6.61 Å². The van der Waals surface area contributed by atoms with Crippen LogP contribution in [0.5, 0.6) is 5.75 Å². The van der Waals surface area contributed by atoms with Crippen molar-refractivity contribution in [2.75, 3.05) is 13.7 Å². The van der Waals surface area contributed by atoms with Crippen LogP contribution >= 0.6 is 12.4 Å². The molecule has 1 atom stereocenters. The number of nitrogens with one attached hydrogen (secondary N) is 1. The summed E-state index contributed by atoms with van der Waals surface area (Å²) in [7, 11) is 1.92. The number of benzene rings is 1. The first-order chi connectivity index (χ1) is 9.63. The smallest absolute Gasteiger partial charge is 0.258 e. The van der Waals surface area contributed by atoms with E-state index in [1.165, 1.54) is 0 Å². The molecule has 0 amide bonds. The van der Waals surface area contributed by atoms with Crippen molar-refractivity contribution < 1.29 is 9.26 Å². The van der Waals surface area contributed by atoms with Crippen LogP contribution in [0.3, 0.4) is 0 Å². The van der Waals surface area contributed by atoms with E-state index in [4.69, 9.17) is 9.26 Å². The zero-order valence-corrected chi connectivity index (χ0v) is 13.7. The molecule has 0 aliphatic heterocycles. The normalized spacial score (nSPS) is 11.8. The van der Waals surface area contributed by atoms with Crippen molar-refractivity contribution in [3.8, 4) is 17.2 Å². The molecule has 1 heterocycles. The standard InChI is InChI=1S/C15H21N3O2.ClH/c1-5-19-13-9-12(7-6-10(13)2)15-17-14(18-20-15)8-11(3)16-4;/h6-7,9,11,16H,5,8H2,1-4H3;1H. The molecule has 0 bridgehead atoms. The van der Waals surface area contributed by atoms with Gasteiger partial charge in [-0.3, -0.25) is 0 Å². The van der Waals surface area contributed by atoms with Crippen LogP contribution in [0, 0.1) is 6.92 Å². The molecule has 0 aliphatic carbocycles. The molecule has 0 spiro atoms. The second kappa shape index (κ2) is 8.00. The second-order valence-corrected chi connectivity index (χ2v) is 4.82. The zero-order valence-electron chi connectivity index (χ0n) is 12.8. The van der Waals surface area contributed by atoms with Gasteiger partial charge in [-0.05, 0) is 45.5 Å². The van der Waals surface area contributed by atoms with Crippen molar-refractivity contribution in [1.29, 1.82) is 0 Å². The van der Waals surface area contributed by atoms with E-state index < -0.39 is 0 Å². The quantitative estimate of drug-likeness (QED) is 0.888. The number of likely N-dealkylation sites (N-methyl/N-ethyl adjacent to an activating group) is 1. The van der Waals surface area contributed by atoms with E-state index >= 15 is 0 Å². The molecule has 0 fully saturated rings. The molecule has 1 aromatic heterocycles. The van der Waals surface area contributed by atoms with Gasteiger partial charge in [-0.15, -0.1) is 12.4 Å². The van der Waals surface area contributed by atoms with E-state index in [1.807, 2.05) is 39.1 Å². The maximum absolute atomic E-state index is 5.59. The molecule has 0 aliphatic rings. The Morgan fingerprint density at radius 3 is 2.81 bits per heavy atom. The summed E-state index contributed by atoms with van der Waals surface area (Å²) in [5.41, 5.74) is 1.98. The number of ether oxygens (including phenoxy) is 1. The summed E-state index contributed by atoms with van der Waals surface area (Å²) in [6.07, 6.45) is 0.740. The Morgan fingerprint density at radius 1 is 1.38 bits per heavy atom. The number of aryl methyl sites for hydroxylation is 1. The summed E-state index contributed by atoms with van der Waals surface area (Å²) < 4.78 is 10.9. The van der Waals surface area contributed by atoms with E-state index in [-0.39, 0.29) is 12.4 Å². The fraction of sp³-hybridized carbons (Fsp3) is 0.467. The lowest BCUT2D eigenvalue weighted by Crippen LogP contribution is -2.24. The number of hydrogen-bond acceptors (Lipinski definition) is 5. The van der Waals surface area contributed by atoms with Gasteiger partial charge >= 0.3 is 0 Å². The van der Waals surface area contributed by atoms with Crippen LogP contribution in [-0.2, 0) is 6.42 Å². The Hall–Kier alpha value is -1.59. The molecule has 2 aromatic rings. The van der Waals surface area contributed by atoms with Crippen molar-refractivity contribution in [2.45, 2.75) is 33.2 Å². The topological polar surface area (TPSA) is 60.2 Å². The predicted octanol–water partition coefficient (Wildman–Crippen LogP) is 3.02. The van der Waals surface area contributed by atoms with Crippen molar-refractivity contribution in [3.05, 3.63) is 29.6 Å². The Labute approximate surface area is 131 Å². The minimum absolute atomic E-state index is 0. The summed E-state index contributed by atoms with van der Waals surface area (Å²) in [5, 5.41) is 7.17. The Morgan fingerprint density at radius 2 is 2.14 bits per heavy atom. The van der Waals surface area contributed by atoms with Crippen LogP contribution in [0.2, 0.25) is 0 Å². The van der Waals surface area contributed by atoms with E-state index in [1.54, 1.807) is 0 Å². The largest absolute Gasteiger partial charge is 0.494 e. The monoisotopic (exact) mass is 311 g/mol. The lowest BCUT2D eigenvalue weighted by Gasteiger charge is -2.07. The fourth-order valence-corrected chi connectivity index (χ4v) is 1.87. The van der Waals surface area contributed by atoms with Crippen molar-refractivity contribution in [2.24, 2.45) is 0 Å². The minimum atomic E-state index is 0. The molecule has 116 valence electrons. The van der Waals surface area contributed by atoms with Gasteiger partial charge in [-0.1, -0.05) is 11.2 Å². The van der Waals surface area contributed by atoms with E-state index in [0.717, 1.165) is 23.3 Å². The Kier molecular flexibility index (Phi) is 6.65. The third-order valence-corrected chi connectivity index (χ3v) is 3.18. The molecule has 0 saturated heterocycles. The van der Waals surface area contributed by atoms with Crippen LogP contribution < -0.4 is 10.1 Å². The lowest BCUT2D eigenvalue weighted by atomic mass is 10.1. The number of rotatable bonds is 6. The van der Waals surface area contributed by atoms with E-state index in [2.05, 4.69) is 22.4 Å². The van der Waals surface area contributed by atoms with Crippen molar-refractivity contribution in [3.63, 3.8) is 0 Å². The molecule has 1 unspecified atom stereocenters. The third kappa shape index (κ3) is 4.44. The van der Waals surface area contributed by atoms with Crippen LogP contribution in [-0.4, -0.2) is 29.8 Å². The summed E-state index contributed by atoms with van der Waals surface area (Å²) in [4.78, 5) is 4.43. The Balaban J connectivity index is 0.00000220. The average Bonchev–Trinajstić information content (AvgIpc) is 2.90. The summed E-state index contributed by atoms with van der Waals surface area (Å²) >= 11 is 0. The maximum Gasteiger partial charge on any atom is 0.258 e. The lowest BCUT2D eigenvalue weighted by molar-refractivity contribution is 0.338. The first-order valence-electron chi connectivity index (χ1n) is 6.87. The Bertz CT molecular complexity index is 572. The van der Waals surface area contributed by atoms with Gasteiger partial charge in [0.15, 0.2) is 5.82 Å². The molecule has 5 nitrogen and oxygen atoms in total. The molecule has 6 heteroatoms. The molecular weight excluding hydrogens is 290 g/mol. The molecule has 0 radical (unpaired) electrons. The number of nitrogens with zero attached hydrogens (tertiary/aromatic N) is 2. The molecule has 0 saturated carbocycles. The zero-order chi connectivity index (χ0) is 14.5. The first kappa shape index (κ1) is 17.5. The number of aromatic nitrogens is 2. The summed E-state index contributed by atoms with van der Waals surface area (Å²) in [6.45, 7) is 6.70. The van der Waals surface area contributed by atoms with Crippen LogP contribution in [0.1, 0.15) is 25.2 Å². The second-order valence-electron chi connectivity index (χ2n) is 4.82. The van der Waals surface area contributed by atoms with Crippen molar-refractivity contribution in [1.82, 2.24) is 15.5 Å². The molecular formula is C15H22ClN3O2. The highest BCUT2D eigenvalue weighted by molar-refractivity contribution is 5.85. The summed E-state index contributed by atoms with van der Waals surface area (Å²) in [5.74, 6) is 2.10. The SMILES string of the molecule is CCOc1cc(-c2nc(CC(C)NC)no2)ccc1C.Cl. The number of hydrogen-bond donors (Lipinski definition) is 1. The molecule has 2 rings (SSSR count). The van der Waals surface area contributed by atoms with Gasteiger partial charge in [0.1, 0.15) is 5.75 Å². The van der Waals surface area contributed by atoms with Gasteiger partial charge in [0, 0.05) is 18.0 Å². The molecule has 21 heavy (non-hydrogen) atoms. The minimum Gasteiger partial charge on any atom is -0.494 e. The van der Waals surface area contributed by atoms with Crippen LogP contribution in [0.25, 0.3) is 11.5 Å². The highest BCUT2D eigenvalue weighted by Gasteiger charge is 2.12. The van der Waals surface area contributed by atoms with Gasteiger partial charge in [-0.2, -0.15) is 4.98 Å². The van der Waals surface area contributed by atoms with Gasteiger partial charge < -0.3 is 14.6 Å². The van der Waals surface area contributed by atoms with Gasteiger partial charge in [-0.25, -0.2) is 0 Å². The van der Waals surface area contributed by atoms with Gasteiger partial charge in [0.25, 0.3) is 5.89 Å². The molecule has 1 aromatic carbocycles. The fourth-order valence-electron chi connectivity index (χ4n) is 1.87. The molecule has 1 N–H and O–H groups in total. The number of halogens is 1. The third-order valence-electron chi connectivity index (χ3n) is 3.18. The van der Waals surface area contributed by atoms with Crippen LogP contribution in [0.15, 0.2) is 22.7 Å². The van der Waals surface area contributed by atoms with Gasteiger partial charge in [0.2, 0.25) is 0 Å². The van der Waals surface area contributed by atoms with E-state index in [9.17, 15) is 0 Å². The van der Waals surface area contributed by atoms with Crippen LogP contribution in [0.4, 0.5) is 0 Å². The van der Waals surface area contributed by atoms with Crippen molar-refractivity contribution >= 4 is 12.4 Å². The average molecular weight is 312 g/mol. The van der Waals surface area contributed by atoms with E-state index in [0.29, 0.717) is 24.4 Å². The highest BCUT2D eigenvalue weighted by Crippen LogP contribution is 2.26. The maximum atomic E-state index is 5.59. The predicted molar refractivity (Wildman–Crippen MR) is 85.1 cm³/mol.